The molecule has 192 valence electrons. The number of benzene rings is 1. The van der Waals surface area contributed by atoms with Crippen LogP contribution in [-0.4, -0.2) is 55.3 Å². The Morgan fingerprint density at radius 3 is 2.76 bits per heavy atom. The fourth-order valence-corrected chi connectivity index (χ4v) is 3.95. The van der Waals surface area contributed by atoms with Gasteiger partial charge in [-0.15, -0.1) is 0 Å². The second kappa shape index (κ2) is 12.6. The van der Waals surface area contributed by atoms with Crippen molar-refractivity contribution in [3.63, 3.8) is 0 Å². The molecule has 2 aliphatic carbocycles. The topological polar surface area (TPSA) is 94.2 Å². The summed E-state index contributed by atoms with van der Waals surface area (Å²) in [5, 5.41) is 2.68. The average molecular weight is 503 g/mol. The first-order valence-electron chi connectivity index (χ1n) is 12.2. The van der Waals surface area contributed by atoms with Crippen LogP contribution in [0.2, 0.25) is 0 Å². The zero-order valence-corrected chi connectivity index (χ0v) is 20.7. The Labute approximate surface area is 216 Å². The van der Waals surface area contributed by atoms with E-state index in [0.717, 1.165) is 28.8 Å². The smallest absolute Gasteiger partial charge is 0.414 e. The van der Waals surface area contributed by atoms with Gasteiger partial charge in [-0.1, -0.05) is 54.7 Å². The van der Waals surface area contributed by atoms with Crippen LogP contribution in [-0.2, 0) is 19.1 Å². The molecule has 1 saturated heterocycles. The number of rotatable bonds is 9. The van der Waals surface area contributed by atoms with Crippen LogP contribution in [0.5, 0.6) is 5.75 Å². The predicted molar refractivity (Wildman–Crippen MR) is 139 cm³/mol. The first kappa shape index (κ1) is 25.8. The average Bonchev–Trinajstić information content (AvgIpc) is 3.09. The molecule has 0 saturated carbocycles. The molecule has 8 heteroatoms. The number of nitrogens with zero attached hydrogens (tertiary/aromatic N) is 1. The van der Waals surface area contributed by atoms with E-state index in [-0.39, 0.29) is 31.8 Å². The summed E-state index contributed by atoms with van der Waals surface area (Å²) in [4.78, 5) is 37.1. The molecule has 1 unspecified atom stereocenters. The highest BCUT2D eigenvalue weighted by molar-refractivity contribution is 5.76. The standard InChI is InChI=1S/C29H30N2O6/c1-21(32)30-17-27-18-31(29(34)37-27)25-10-6-9-23(11-14-25)24-12-15-26(16-13-24)35-20-28(33)36-19-22-7-4-2-3-5-8-22/h2-4,6-8,10-16,27H,5,9,17-20H2,1H3,(H,30,32). The van der Waals surface area contributed by atoms with Crippen molar-refractivity contribution >= 4 is 23.5 Å². The van der Waals surface area contributed by atoms with Crippen LogP contribution in [0.3, 0.4) is 0 Å². The van der Waals surface area contributed by atoms with Gasteiger partial charge >= 0.3 is 12.1 Å². The summed E-state index contributed by atoms with van der Waals surface area (Å²) in [7, 11) is 0. The van der Waals surface area contributed by atoms with E-state index in [4.69, 9.17) is 14.2 Å². The minimum Gasteiger partial charge on any atom is -0.482 e. The van der Waals surface area contributed by atoms with Gasteiger partial charge in [-0.2, -0.15) is 0 Å². The van der Waals surface area contributed by atoms with E-state index in [2.05, 4.69) is 5.32 Å². The van der Waals surface area contributed by atoms with E-state index in [1.54, 1.807) is 4.90 Å². The summed E-state index contributed by atoms with van der Waals surface area (Å²) < 4.78 is 16.2. The number of carbonyl (C=O) groups is 3. The lowest BCUT2D eigenvalue weighted by molar-refractivity contribution is -0.144. The van der Waals surface area contributed by atoms with Crippen molar-refractivity contribution in [2.45, 2.75) is 25.9 Å². The molecular weight excluding hydrogens is 472 g/mol. The Balaban J connectivity index is 1.29. The molecular formula is C29H30N2O6. The maximum absolute atomic E-state index is 12.3. The quantitative estimate of drug-likeness (QED) is 0.508. The molecule has 1 N–H and O–H groups in total. The minimum atomic E-state index is -0.428. The van der Waals surface area contributed by atoms with Gasteiger partial charge in [-0.05, 0) is 53.8 Å². The summed E-state index contributed by atoms with van der Waals surface area (Å²) in [6.45, 7) is 2.15. The number of cyclic esters (lactones) is 1. The van der Waals surface area contributed by atoms with Crippen LogP contribution in [0.1, 0.15) is 25.3 Å². The lowest BCUT2D eigenvalue weighted by atomic mass is 10.0. The molecule has 1 aliphatic heterocycles. The van der Waals surface area contributed by atoms with Gasteiger partial charge in [-0.25, -0.2) is 9.59 Å². The van der Waals surface area contributed by atoms with Crippen LogP contribution in [0.15, 0.2) is 90.2 Å². The first-order chi connectivity index (χ1) is 18.0. The zero-order chi connectivity index (χ0) is 26.0. The molecule has 4 rings (SSSR count). The summed E-state index contributed by atoms with van der Waals surface area (Å²) in [6, 6.07) is 7.49. The van der Waals surface area contributed by atoms with Gasteiger partial charge in [0.15, 0.2) is 6.61 Å². The molecule has 1 fully saturated rings. The van der Waals surface area contributed by atoms with Gasteiger partial charge in [0, 0.05) is 12.6 Å². The molecule has 1 aromatic rings. The third kappa shape index (κ3) is 7.57. The number of hydrogen-bond donors (Lipinski definition) is 1. The molecule has 37 heavy (non-hydrogen) atoms. The maximum atomic E-state index is 12.3. The predicted octanol–water partition coefficient (Wildman–Crippen LogP) is 4.24. The number of nitrogens with one attached hydrogen (secondary N) is 1. The highest BCUT2D eigenvalue weighted by Gasteiger charge is 2.32. The van der Waals surface area contributed by atoms with E-state index >= 15 is 0 Å². The fraction of sp³-hybridized carbons (Fsp3) is 0.276. The molecule has 0 radical (unpaired) electrons. The van der Waals surface area contributed by atoms with Crippen molar-refractivity contribution in [1.29, 1.82) is 0 Å². The van der Waals surface area contributed by atoms with E-state index in [9.17, 15) is 14.4 Å². The molecule has 3 aliphatic rings. The van der Waals surface area contributed by atoms with Gasteiger partial charge in [0.1, 0.15) is 18.5 Å². The fourth-order valence-electron chi connectivity index (χ4n) is 3.95. The van der Waals surface area contributed by atoms with Gasteiger partial charge in [0.2, 0.25) is 5.91 Å². The van der Waals surface area contributed by atoms with Gasteiger partial charge in [-0.3, -0.25) is 9.69 Å². The Hall–Kier alpha value is -4.33. The van der Waals surface area contributed by atoms with Crippen molar-refractivity contribution in [3.05, 3.63) is 95.8 Å². The molecule has 0 aromatic heterocycles. The monoisotopic (exact) mass is 502 g/mol. The molecule has 1 heterocycles. The summed E-state index contributed by atoms with van der Waals surface area (Å²) >= 11 is 0. The van der Waals surface area contributed by atoms with E-state index in [1.807, 2.05) is 78.9 Å². The SMILES string of the molecule is CC(=O)NCC1CN(C2=CC=C(c3ccc(OCC(=O)OCC4=CCC=CC=C4)cc3)CC=C2)C(=O)O1. The number of amides is 2. The number of esters is 1. The van der Waals surface area contributed by atoms with Crippen LogP contribution in [0.25, 0.3) is 5.57 Å². The van der Waals surface area contributed by atoms with Crippen LogP contribution in [0.4, 0.5) is 4.79 Å². The zero-order valence-electron chi connectivity index (χ0n) is 20.7. The Morgan fingerprint density at radius 2 is 1.95 bits per heavy atom. The molecule has 2 amide bonds. The second-order valence-electron chi connectivity index (χ2n) is 8.72. The normalized spacial score (nSPS) is 18.7. The summed E-state index contributed by atoms with van der Waals surface area (Å²) in [6.07, 6.45) is 18.3. The molecule has 1 atom stereocenters. The third-order valence-electron chi connectivity index (χ3n) is 5.90. The van der Waals surface area contributed by atoms with E-state index in [1.165, 1.54) is 6.92 Å². The Bertz CT molecular complexity index is 1200. The van der Waals surface area contributed by atoms with Crippen LogP contribution >= 0.6 is 0 Å². The maximum Gasteiger partial charge on any atom is 0.414 e. The molecule has 0 bridgehead atoms. The minimum absolute atomic E-state index is 0.162. The van der Waals surface area contributed by atoms with Crippen LogP contribution < -0.4 is 10.1 Å². The summed E-state index contributed by atoms with van der Waals surface area (Å²) in [5.41, 5.74) is 3.76. The van der Waals surface area contributed by atoms with Crippen LogP contribution in [0, 0.1) is 0 Å². The lowest BCUT2D eigenvalue weighted by Gasteiger charge is -2.13. The molecule has 1 aromatic carbocycles. The van der Waals surface area contributed by atoms with Gasteiger partial charge < -0.3 is 19.5 Å². The van der Waals surface area contributed by atoms with Gasteiger partial charge in [0.25, 0.3) is 0 Å². The van der Waals surface area contributed by atoms with Crippen molar-refractivity contribution in [2.75, 3.05) is 26.3 Å². The molecule has 0 spiro atoms. The first-order valence-corrected chi connectivity index (χ1v) is 12.2. The number of allylic oxidation sites excluding steroid dienone is 9. The van der Waals surface area contributed by atoms with Crippen molar-refractivity contribution in [3.8, 4) is 5.75 Å². The molecule has 8 nitrogen and oxygen atoms in total. The third-order valence-corrected chi connectivity index (χ3v) is 5.90. The van der Waals surface area contributed by atoms with Crippen molar-refractivity contribution in [1.82, 2.24) is 10.2 Å². The number of carbonyl (C=O) groups excluding carboxylic acids is 3. The second-order valence-corrected chi connectivity index (χ2v) is 8.72. The lowest BCUT2D eigenvalue weighted by Crippen LogP contribution is -2.33. The van der Waals surface area contributed by atoms with Crippen molar-refractivity contribution in [2.24, 2.45) is 0 Å². The Morgan fingerprint density at radius 1 is 1.11 bits per heavy atom. The van der Waals surface area contributed by atoms with Gasteiger partial charge in [0.05, 0.1) is 13.1 Å². The number of ether oxygens (including phenoxy) is 3. The summed E-state index contributed by atoms with van der Waals surface area (Å²) in [5.74, 6) is -0.0142. The number of hydrogen-bond acceptors (Lipinski definition) is 6. The highest BCUT2D eigenvalue weighted by Crippen LogP contribution is 2.26. The van der Waals surface area contributed by atoms with E-state index in [0.29, 0.717) is 18.7 Å². The highest BCUT2D eigenvalue weighted by atomic mass is 16.6. The van der Waals surface area contributed by atoms with E-state index < -0.39 is 12.1 Å². The largest absolute Gasteiger partial charge is 0.482 e. The Kier molecular flexibility index (Phi) is 8.75. The van der Waals surface area contributed by atoms with Crippen molar-refractivity contribution < 1.29 is 28.6 Å².